The molecule has 2 heterocycles. The van der Waals surface area contributed by atoms with E-state index >= 15 is 0 Å². The Labute approximate surface area is 195 Å². The van der Waals surface area contributed by atoms with Crippen LogP contribution >= 0.6 is 0 Å². The van der Waals surface area contributed by atoms with Crippen LogP contribution in [-0.2, 0) is 16.0 Å². The number of aromatic amines is 1. The molecule has 0 saturated carbocycles. The molecule has 0 saturated heterocycles. The molecular formula is C25H23FN4O4. The molecule has 0 fully saturated rings. The van der Waals surface area contributed by atoms with E-state index in [9.17, 15) is 14.3 Å². The van der Waals surface area contributed by atoms with E-state index in [0.29, 0.717) is 34.8 Å². The molecule has 0 spiro atoms. The third-order valence-electron chi connectivity index (χ3n) is 5.12. The van der Waals surface area contributed by atoms with Gasteiger partial charge in [0.25, 0.3) is 0 Å². The molecule has 2 N–H and O–H groups in total. The van der Waals surface area contributed by atoms with Gasteiger partial charge in [-0.25, -0.2) is 14.4 Å². The van der Waals surface area contributed by atoms with Crippen LogP contribution < -0.4 is 4.74 Å². The SMILES string of the molecule is CCOC(=O)CC(c1ccc(F)cc1)c1ccnc(Oc2ccc(O)cc2Cc2ncc[nH]2)n1. The highest BCUT2D eigenvalue weighted by Crippen LogP contribution is 2.31. The predicted octanol–water partition coefficient (Wildman–Crippen LogP) is 4.51. The van der Waals surface area contributed by atoms with Crippen molar-refractivity contribution < 1.29 is 23.8 Å². The van der Waals surface area contributed by atoms with Gasteiger partial charge in [-0.3, -0.25) is 4.79 Å². The average molecular weight is 462 g/mol. The molecule has 0 aliphatic rings. The van der Waals surface area contributed by atoms with Crippen LogP contribution in [0.5, 0.6) is 17.5 Å². The zero-order chi connectivity index (χ0) is 23.9. The summed E-state index contributed by atoms with van der Waals surface area (Å²) in [5.74, 6) is 0.00623. The number of phenolic OH excluding ortho intramolecular Hbond substituents is 1. The molecule has 4 aromatic rings. The van der Waals surface area contributed by atoms with Crippen molar-refractivity contribution in [2.45, 2.75) is 25.7 Å². The van der Waals surface area contributed by atoms with Gasteiger partial charge < -0.3 is 19.6 Å². The minimum Gasteiger partial charge on any atom is -0.508 e. The summed E-state index contributed by atoms with van der Waals surface area (Å²) in [5, 5.41) is 9.93. The molecule has 9 heteroatoms. The summed E-state index contributed by atoms with van der Waals surface area (Å²) in [4.78, 5) is 28.2. The number of hydrogen-bond acceptors (Lipinski definition) is 7. The van der Waals surface area contributed by atoms with E-state index < -0.39 is 11.9 Å². The first-order valence-electron chi connectivity index (χ1n) is 10.7. The first kappa shape index (κ1) is 22.9. The maximum absolute atomic E-state index is 13.5. The Morgan fingerprint density at radius 2 is 1.94 bits per heavy atom. The van der Waals surface area contributed by atoms with Crippen LogP contribution in [0.1, 0.15) is 41.9 Å². The number of aromatic nitrogens is 4. The normalized spacial score (nSPS) is 11.7. The number of nitrogens with zero attached hydrogens (tertiary/aromatic N) is 3. The van der Waals surface area contributed by atoms with Gasteiger partial charge in [0, 0.05) is 36.5 Å². The molecule has 1 atom stereocenters. The third-order valence-corrected chi connectivity index (χ3v) is 5.12. The van der Waals surface area contributed by atoms with Crippen LogP contribution in [0, 0.1) is 5.82 Å². The lowest BCUT2D eigenvalue weighted by Gasteiger charge is -2.17. The summed E-state index contributed by atoms with van der Waals surface area (Å²) in [7, 11) is 0. The maximum atomic E-state index is 13.5. The predicted molar refractivity (Wildman–Crippen MR) is 121 cm³/mol. The Morgan fingerprint density at radius 3 is 2.68 bits per heavy atom. The zero-order valence-electron chi connectivity index (χ0n) is 18.4. The van der Waals surface area contributed by atoms with Crippen molar-refractivity contribution in [2.75, 3.05) is 6.61 Å². The Bertz CT molecular complexity index is 1250. The van der Waals surface area contributed by atoms with Gasteiger partial charge in [-0.1, -0.05) is 12.1 Å². The van der Waals surface area contributed by atoms with Crippen LogP contribution in [0.2, 0.25) is 0 Å². The van der Waals surface area contributed by atoms with Crippen molar-refractivity contribution in [1.29, 1.82) is 0 Å². The lowest BCUT2D eigenvalue weighted by molar-refractivity contribution is -0.143. The topological polar surface area (TPSA) is 110 Å². The number of halogens is 1. The van der Waals surface area contributed by atoms with Crippen LogP contribution in [0.25, 0.3) is 0 Å². The summed E-state index contributed by atoms with van der Waals surface area (Å²) >= 11 is 0. The van der Waals surface area contributed by atoms with E-state index in [1.807, 2.05) is 0 Å². The van der Waals surface area contributed by atoms with Gasteiger partial charge in [-0.15, -0.1) is 0 Å². The smallest absolute Gasteiger partial charge is 0.322 e. The maximum Gasteiger partial charge on any atom is 0.322 e. The van der Waals surface area contributed by atoms with E-state index in [0.717, 1.165) is 0 Å². The first-order chi connectivity index (χ1) is 16.5. The second kappa shape index (κ2) is 10.6. The Kier molecular flexibility index (Phi) is 7.12. The second-order valence-electron chi connectivity index (χ2n) is 7.48. The van der Waals surface area contributed by atoms with Crippen molar-refractivity contribution in [3.05, 3.63) is 95.6 Å². The fraction of sp³-hybridized carbons (Fsp3) is 0.200. The third kappa shape index (κ3) is 5.74. The molecule has 8 nitrogen and oxygen atoms in total. The molecule has 0 aliphatic carbocycles. The van der Waals surface area contributed by atoms with E-state index in [2.05, 4.69) is 19.9 Å². The van der Waals surface area contributed by atoms with Gasteiger partial charge in [0.05, 0.1) is 18.7 Å². The van der Waals surface area contributed by atoms with E-state index in [1.54, 1.807) is 49.6 Å². The van der Waals surface area contributed by atoms with Crippen LogP contribution in [0.4, 0.5) is 4.39 Å². The summed E-state index contributed by atoms with van der Waals surface area (Å²) in [6.45, 7) is 1.99. The molecule has 174 valence electrons. The number of ether oxygens (including phenoxy) is 2. The minimum absolute atomic E-state index is 0.0267. The van der Waals surface area contributed by atoms with Gasteiger partial charge in [0.1, 0.15) is 23.1 Å². The number of phenols is 1. The monoisotopic (exact) mass is 462 g/mol. The molecule has 1 unspecified atom stereocenters. The molecule has 4 rings (SSSR count). The highest BCUT2D eigenvalue weighted by atomic mass is 19.1. The summed E-state index contributed by atoms with van der Waals surface area (Å²) < 4.78 is 24.6. The highest BCUT2D eigenvalue weighted by molar-refractivity contribution is 5.71. The quantitative estimate of drug-likeness (QED) is 0.352. The molecule has 34 heavy (non-hydrogen) atoms. The number of benzene rings is 2. The standard InChI is InChI=1S/C25H23FN4O4/c1-2-33-24(32)15-20(16-3-5-18(26)6-4-16)21-9-10-29-25(30-21)34-22-8-7-19(31)13-17(22)14-23-27-11-12-28-23/h3-13,20,31H,2,14-15H2,1H3,(H,27,28). The van der Waals surface area contributed by atoms with Crippen LogP contribution in [0.15, 0.2) is 67.1 Å². The number of rotatable bonds is 9. The Morgan fingerprint density at radius 1 is 1.12 bits per heavy atom. The van der Waals surface area contributed by atoms with Crippen LogP contribution in [-0.4, -0.2) is 37.6 Å². The Hall–Kier alpha value is -4.27. The minimum atomic E-state index is -0.479. The first-order valence-corrected chi connectivity index (χ1v) is 10.7. The molecule has 0 bridgehead atoms. The number of hydrogen-bond donors (Lipinski definition) is 2. The number of imidazole rings is 1. The molecule has 2 aromatic heterocycles. The van der Waals surface area contributed by atoms with Gasteiger partial charge in [-0.2, -0.15) is 4.98 Å². The molecule has 0 radical (unpaired) electrons. The largest absolute Gasteiger partial charge is 0.508 e. The lowest BCUT2D eigenvalue weighted by Crippen LogP contribution is -2.13. The lowest BCUT2D eigenvalue weighted by atomic mass is 9.92. The number of aromatic hydroxyl groups is 1. The van der Waals surface area contributed by atoms with Gasteiger partial charge in [-0.05, 0) is 48.9 Å². The van der Waals surface area contributed by atoms with Gasteiger partial charge in [0.2, 0.25) is 0 Å². The summed E-state index contributed by atoms with van der Waals surface area (Å²) in [6, 6.07) is 12.4. The second-order valence-corrected chi connectivity index (χ2v) is 7.48. The van der Waals surface area contributed by atoms with Gasteiger partial charge >= 0.3 is 12.0 Å². The fourth-order valence-electron chi connectivity index (χ4n) is 3.55. The number of H-pyrrole nitrogens is 1. The van der Waals surface area contributed by atoms with Gasteiger partial charge in [0.15, 0.2) is 0 Å². The molecule has 0 amide bonds. The van der Waals surface area contributed by atoms with Crippen molar-refractivity contribution in [3.63, 3.8) is 0 Å². The molecule has 0 aliphatic heterocycles. The van der Waals surface area contributed by atoms with Crippen molar-refractivity contribution in [3.8, 4) is 17.5 Å². The Balaban J connectivity index is 1.63. The van der Waals surface area contributed by atoms with E-state index in [4.69, 9.17) is 9.47 Å². The number of nitrogens with one attached hydrogen (secondary N) is 1. The van der Waals surface area contributed by atoms with Crippen molar-refractivity contribution in [1.82, 2.24) is 19.9 Å². The summed E-state index contributed by atoms with van der Waals surface area (Å²) in [6.07, 6.45) is 5.32. The summed E-state index contributed by atoms with van der Waals surface area (Å²) in [5.41, 5.74) is 1.92. The van der Waals surface area contributed by atoms with E-state index in [1.165, 1.54) is 24.4 Å². The number of carbonyl (C=O) groups excluding carboxylic acids is 1. The van der Waals surface area contributed by atoms with Crippen LogP contribution in [0.3, 0.4) is 0 Å². The molecule has 2 aromatic carbocycles. The zero-order valence-corrected chi connectivity index (χ0v) is 18.4. The van der Waals surface area contributed by atoms with E-state index in [-0.39, 0.29) is 30.6 Å². The fourth-order valence-corrected chi connectivity index (χ4v) is 3.55. The van der Waals surface area contributed by atoms with Crippen molar-refractivity contribution >= 4 is 5.97 Å². The molecular weight excluding hydrogens is 439 g/mol. The highest BCUT2D eigenvalue weighted by Gasteiger charge is 2.22. The number of carbonyl (C=O) groups is 1. The number of esters is 1. The van der Waals surface area contributed by atoms with Crippen molar-refractivity contribution in [2.24, 2.45) is 0 Å². The average Bonchev–Trinajstić information content (AvgIpc) is 3.33.